The van der Waals surface area contributed by atoms with Gasteiger partial charge in [0, 0.05) is 6.08 Å². The third-order valence-corrected chi connectivity index (χ3v) is 4.09. The summed E-state index contributed by atoms with van der Waals surface area (Å²) >= 11 is 0. The Labute approximate surface area is 128 Å². The molecule has 1 atom stereocenters. The molecule has 1 aliphatic carbocycles. The van der Waals surface area contributed by atoms with Gasteiger partial charge >= 0.3 is 5.97 Å². The van der Waals surface area contributed by atoms with Crippen LogP contribution in [0.25, 0.3) is 0 Å². The first-order valence-electron chi connectivity index (χ1n) is 8.01. The summed E-state index contributed by atoms with van der Waals surface area (Å²) < 4.78 is 5.20. The number of benzene rings is 1. The van der Waals surface area contributed by atoms with Crippen LogP contribution >= 0.6 is 0 Å². The van der Waals surface area contributed by atoms with Crippen molar-refractivity contribution in [3.8, 4) is 0 Å². The number of rotatable bonds is 3. The number of carbonyl (C=O) groups excluding carboxylic acids is 1. The van der Waals surface area contributed by atoms with Crippen molar-refractivity contribution < 1.29 is 9.53 Å². The number of esters is 1. The molecule has 21 heavy (non-hydrogen) atoms. The molecular weight excluding hydrogens is 260 g/mol. The Bertz CT molecular complexity index is 497. The second kappa shape index (κ2) is 7.44. The topological polar surface area (TPSA) is 26.3 Å². The van der Waals surface area contributed by atoms with Gasteiger partial charge in [0.1, 0.15) is 0 Å². The van der Waals surface area contributed by atoms with Gasteiger partial charge in [-0.3, -0.25) is 0 Å². The zero-order chi connectivity index (χ0) is 15.2. The predicted octanol–water partition coefficient (Wildman–Crippen LogP) is 4.92. The largest absolute Gasteiger partial charge is 0.460 e. The first kappa shape index (κ1) is 15.8. The highest BCUT2D eigenvalue weighted by Gasteiger charge is 2.17. The Hall–Kier alpha value is -1.57. The van der Waals surface area contributed by atoms with Crippen LogP contribution in [-0.2, 0) is 9.53 Å². The van der Waals surface area contributed by atoms with E-state index in [1.54, 1.807) is 6.08 Å². The number of aryl methyl sites for hydroxylation is 1. The van der Waals surface area contributed by atoms with Crippen LogP contribution in [-0.4, -0.2) is 12.1 Å². The Morgan fingerprint density at radius 3 is 2.57 bits per heavy atom. The molecular formula is C19H26O2. The molecule has 0 radical (unpaired) electrons. The minimum atomic E-state index is -0.186. The molecule has 2 rings (SSSR count). The molecule has 0 saturated heterocycles. The van der Waals surface area contributed by atoms with Crippen LogP contribution < -0.4 is 0 Å². The Kier molecular flexibility index (Phi) is 5.60. The van der Waals surface area contributed by atoms with Gasteiger partial charge in [-0.25, -0.2) is 4.79 Å². The summed E-state index contributed by atoms with van der Waals surface area (Å²) in [6.07, 6.45) is 7.20. The fourth-order valence-corrected chi connectivity index (χ4v) is 2.95. The van der Waals surface area contributed by atoms with Crippen LogP contribution in [0.2, 0.25) is 0 Å². The molecule has 0 bridgehead atoms. The molecule has 0 N–H and O–H groups in total. The van der Waals surface area contributed by atoms with E-state index >= 15 is 0 Å². The Morgan fingerprint density at radius 2 is 1.90 bits per heavy atom. The lowest BCUT2D eigenvalue weighted by atomic mass is 9.91. The van der Waals surface area contributed by atoms with Crippen LogP contribution in [0.15, 0.2) is 35.9 Å². The van der Waals surface area contributed by atoms with Crippen molar-refractivity contribution in [1.29, 1.82) is 0 Å². The molecule has 0 amide bonds. The van der Waals surface area contributed by atoms with Crippen molar-refractivity contribution in [3.05, 3.63) is 47.0 Å². The highest BCUT2D eigenvalue weighted by atomic mass is 16.5. The van der Waals surface area contributed by atoms with E-state index < -0.39 is 0 Å². The van der Waals surface area contributed by atoms with Crippen LogP contribution in [0.4, 0.5) is 0 Å². The number of ether oxygens (including phenoxy) is 1. The second-order valence-electron chi connectivity index (χ2n) is 6.33. The van der Waals surface area contributed by atoms with E-state index in [0.717, 1.165) is 25.7 Å². The molecule has 0 aliphatic heterocycles. The number of hydrogen-bond acceptors (Lipinski definition) is 2. The van der Waals surface area contributed by atoms with E-state index in [1.807, 2.05) is 13.8 Å². The second-order valence-corrected chi connectivity index (χ2v) is 6.33. The molecule has 1 saturated carbocycles. The lowest BCUT2D eigenvalue weighted by Crippen LogP contribution is -2.09. The lowest BCUT2D eigenvalue weighted by Gasteiger charge is -2.14. The van der Waals surface area contributed by atoms with Crippen molar-refractivity contribution in [2.45, 2.75) is 64.9 Å². The summed E-state index contributed by atoms with van der Waals surface area (Å²) in [5.74, 6) is 0.436. The molecule has 0 heterocycles. The SMILES string of the molecule is Cc1ccc(C2CCCC(=CC(=O)OC(C)C)CC2)cc1. The molecule has 1 fully saturated rings. The molecule has 1 aliphatic rings. The predicted molar refractivity (Wildman–Crippen MR) is 86.3 cm³/mol. The standard InChI is InChI=1S/C19H26O2/c1-14(2)21-19(20)13-16-5-4-6-17(12-9-16)18-10-7-15(3)8-11-18/h7-8,10-11,13-14,17H,4-6,9,12H2,1-3H3. The maximum absolute atomic E-state index is 11.7. The Balaban J connectivity index is 1.97. The highest BCUT2D eigenvalue weighted by Crippen LogP contribution is 2.33. The molecule has 1 aromatic carbocycles. The summed E-state index contributed by atoms with van der Waals surface area (Å²) in [5.41, 5.74) is 3.99. The van der Waals surface area contributed by atoms with Gasteiger partial charge in [0.05, 0.1) is 6.10 Å². The average Bonchev–Trinajstić information content (AvgIpc) is 2.64. The summed E-state index contributed by atoms with van der Waals surface area (Å²) in [6, 6.07) is 8.89. The van der Waals surface area contributed by atoms with Gasteiger partial charge in [-0.1, -0.05) is 35.4 Å². The first-order valence-corrected chi connectivity index (χ1v) is 8.01. The van der Waals surface area contributed by atoms with E-state index in [2.05, 4.69) is 31.2 Å². The lowest BCUT2D eigenvalue weighted by molar-refractivity contribution is -0.141. The van der Waals surface area contributed by atoms with Crippen molar-refractivity contribution in [2.24, 2.45) is 0 Å². The van der Waals surface area contributed by atoms with Crippen LogP contribution in [0.1, 0.15) is 63.0 Å². The van der Waals surface area contributed by atoms with Crippen molar-refractivity contribution in [3.63, 3.8) is 0 Å². The van der Waals surface area contributed by atoms with Crippen LogP contribution in [0.3, 0.4) is 0 Å². The van der Waals surface area contributed by atoms with E-state index in [-0.39, 0.29) is 12.1 Å². The fraction of sp³-hybridized carbons (Fsp3) is 0.526. The van der Waals surface area contributed by atoms with Gasteiger partial charge in [-0.15, -0.1) is 0 Å². The van der Waals surface area contributed by atoms with Crippen LogP contribution in [0, 0.1) is 6.92 Å². The summed E-state index contributed by atoms with van der Waals surface area (Å²) in [6.45, 7) is 5.89. The first-order chi connectivity index (χ1) is 10.0. The quantitative estimate of drug-likeness (QED) is 0.448. The summed E-state index contributed by atoms with van der Waals surface area (Å²) in [7, 11) is 0. The van der Waals surface area contributed by atoms with Crippen molar-refractivity contribution in [1.82, 2.24) is 0 Å². The van der Waals surface area contributed by atoms with Gasteiger partial charge in [-0.05, 0) is 64.4 Å². The normalized spacial score (nSPS) is 21.3. The minimum Gasteiger partial charge on any atom is -0.460 e. The zero-order valence-corrected chi connectivity index (χ0v) is 13.4. The zero-order valence-electron chi connectivity index (χ0n) is 13.4. The third kappa shape index (κ3) is 5.04. The Morgan fingerprint density at radius 1 is 1.19 bits per heavy atom. The van der Waals surface area contributed by atoms with Gasteiger partial charge < -0.3 is 4.74 Å². The van der Waals surface area contributed by atoms with Crippen molar-refractivity contribution >= 4 is 5.97 Å². The fourth-order valence-electron chi connectivity index (χ4n) is 2.95. The highest BCUT2D eigenvalue weighted by molar-refractivity contribution is 5.82. The van der Waals surface area contributed by atoms with E-state index in [4.69, 9.17) is 4.74 Å². The molecule has 0 spiro atoms. The summed E-state index contributed by atoms with van der Waals surface area (Å²) in [5, 5.41) is 0. The monoisotopic (exact) mass is 286 g/mol. The third-order valence-electron chi connectivity index (χ3n) is 4.09. The average molecular weight is 286 g/mol. The molecule has 0 aromatic heterocycles. The number of allylic oxidation sites excluding steroid dienone is 1. The van der Waals surface area contributed by atoms with E-state index in [0.29, 0.717) is 5.92 Å². The van der Waals surface area contributed by atoms with Gasteiger partial charge in [-0.2, -0.15) is 0 Å². The summed E-state index contributed by atoms with van der Waals surface area (Å²) in [4.78, 5) is 11.7. The smallest absolute Gasteiger partial charge is 0.330 e. The van der Waals surface area contributed by atoms with E-state index in [9.17, 15) is 4.79 Å². The van der Waals surface area contributed by atoms with Gasteiger partial charge in [0.25, 0.3) is 0 Å². The number of carbonyl (C=O) groups is 1. The van der Waals surface area contributed by atoms with Gasteiger partial charge in [0.2, 0.25) is 0 Å². The van der Waals surface area contributed by atoms with Gasteiger partial charge in [0.15, 0.2) is 0 Å². The molecule has 2 nitrogen and oxygen atoms in total. The maximum atomic E-state index is 11.7. The maximum Gasteiger partial charge on any atom is 0.330 e. The molecule has 1 unspecified atom stereocenters. The molecule has 114 valence electrons. The van der Waals surface area contributed by atoms with Crippen LogP contribution in [0.5, 0.6) is 0 Å². The minimum absolute atomic E-state index is 0.0413. The molecule has 1 aromatic rings. The molecule has 2 heteroatoms. The van der Waals surface area contributed by atoms with Crippen molar-refractivity contribution in [2.75, 3.05) is 0 Å². The van der Waals surface area contributed by atoms with E-state index in [1.165, 1.54) is 23.1 Å². The number of hydrogen-bond donors (Lipinski definition) is 0.